The van der Waals surface area contributed by atoms with Crippen molar-refractivity contribution < 1.29 is 23.9 Å². The maximum atomic E-state index is 12.3. The molecular weight excluding hydrogens is 410 g/mol. The molecule has 132 valence electrons. The zero-order valence-electron chi connectivity index (χ0n) is 13.6. The van der Waals surface area contributed by atoms with Gasteiger partial charge in [-0.1, -0.05) is 0 Å². The Hall–Kier alpha value is -2.19. The number of benzene rings is 1. The molecule has 0 radical (unpaired) electrons. The summed E-state index contributed by atoms with van der Waals surface area (Å²) < 4.78 is 10.7. The summed E-state index contributed by atoms with van der Waals surface area (Å²) in [6, 6.07) is 7.74. The van der Waals surface area contributed by atoms with Gasteiger partial charge < -0.3 is 14.8 Å². The van der Waals surface area contributed by atoms with Crippen LogP contribution in [0.1, 0.15) is 44.2 Å². The Kier molecular flexibility index (Phi) is 6.72. The van der Waals surface area contributed by atoms with Crippen LogP contribution in [-0.2, 0) is 9.47 Å². The number of carbonyl (C=O) groups is 3. The largest absolute Gasteiger partial charge is 0.462 e. The smallest absolute Gasteiger partial charge is 0.338 e. The Morgan fingerprint density at radius 3 is 2.00 bits per heavy atom. The van der Waals surface area contributed by atoms with E-state index in [1.54, 1.807) is 26.0 Å². The van der Waals surface area contributed by atoms with Gasteiger partial charge in [0.25, 0.3) is 5.91 Å². The first-order valence-electron chi connectivity index (χ1n) is 7.50. The van der Waals surface area contributed by atoms with Crippen LogP contribution in [0.2, 0.25) is 0 Å². The molecule has 0 aliphatic heterocycles. The van der Waals surface area contributed by atoms with E-state index in [1.807, 2.05) is 0 Å². The van der Waals surface area contributed by atoms with E-state index in [1.165, 1.54) is 29.5 Å². The van der Waals surface area contributed by atoms with E-state index < -0.39 is 11.9 Å². The molecule has 2 rings (SSSR count). The first kappa shape index (κ1) is 19.1. The van der Waals surface area contributed by atoms with Crippen LogP contribution in [0, 0.1) is 0 Å². The highest BCUT2D eigenvalue weighted by Crippen LogP contribution is 2.24. The normalized spacial score (nSPS) is 10.2. The lowest BCUT2D eigenvalue weighted by molar-refractivity contribution is 0.0525. The minimum atomic E-state index is -0.581. The first-order valence-corrected chi connectivity index (χ1v) is 9.11. The Balaban J connectivity index is 2.33. The van der Waals surface area contributed by atoms with Crippen LogP contribution < -0.4 is 5.32 Å². The van der Waals surface area contributed by atoms with Gasteiger partial charge in [0.2, 0.25) is 0 Å². The summed E-state index contributed by atoms with van der Waals surface area (Å²) in [5.74, 6) is -1.50. The monoisotopic (exact) mass is 425 g/mol. The number of carbonyl (C=O) groups excluding carboxylic acids is 3. The van der Waals surface area contributed by atoms with Gasteiger partial charge in [-0.15, -0.1) is 11.3 Å². The molecule has 0 aliphatic rings. The molecule has 1 amide bonds. The number of ether oxygens (including phenoxy) is 2. The highest BCUT2D eigenvalue weighted by atomic mass is 79.9. The van der Waals surface area contributed by atoms with Crippen molar-refractivity contribution in [1.82, 2.24) is 0 Å². The molecule has 2 aromatic rings. The van der Waals surface area contributed by atoms with Crippen molar-refractivity contribution in [2.75, 3.05) is 18.5 Å². The van der Waals surface area contributed by atoms with Gasteiger partial charge in [0.15, 0.2) is 0 Å². The highest BCUT2D eigenvalue weighted by Gasteiger charge is 2.16. The second-order valence-corrected chi connectivity index (χ2v) is 7.26. The molecule has 1 heterocycles. The number of anilines is 1. The van der Waals surface area contributed by atoms with Crippen LogP contribution in [-0.4, -0.2) is 31.1 Å². The molecule has 8 heteroatoms. The summed E-state index contributed by atoms with van der Waals surface area (Å²) in [4.78, 5) is 36.8. The van der Waals surface area contributed by atoms with Crippen molar-refractivity contribution in [2.24, 2.45) is 0 Å². The van der Waals surface area contributed by atoms with Gasteiger partial charge in [-0.2, -0.15) is 0 Å². The number of esters is 2. The van der Waals surface area contributed by atoms with Crippen molar-refractivity contribution in [3.8, 4) is 0 Å². The third-order valence-corrected chi connectivity index (χ3v) is 4.63. The summed E-state index contributed by atoms with van der Waals surface area (Å²) in [7, 11) is 0. The molecule has 0 unspecified atom stereocenters. The van der Waals surface area contributed by atoms with Crippen molar-refractivity contribution >= 4 is 50.8 Å². The maximum absolute atomic E-state index is 12.3. The number of thiophene rings is 1. The lowest BCUT2D eigenvalue weighted by Crippen LogP contribution is -2.14. The molecule has 0 aliphatic carbocycles. The van der Waals surface area contributed by atoms with E-state index in [0.717, 1.165) is 3.79 Å². The molecule has 0 bridgehead atoms. The SMILES string of the molecule is CCOC(=O)c1cc(NC(=O)c2ccc(Br)s2)cc(C(=O)OCC)c1. The number of amides is 1. The van der Waals surface area contributed by atoms with Crippen LogP contribution in [0.25, 0.3) is 0 Å². The maximum Gasteiger partial charge on any atom is 0.338 e. The van der Waals surface area contributed by atoms with E-state index in [9.17, 15) is 14.4 Å². The van der Waals surface area contributed by atoms with Crippen LogP contribution in [0.3, 0.4) is 0 Å². The number of hydrogen-bond acceptors (Lipinski definition) is 6. The second-order valence-electron chi connectivity index (χ2n) is 4.80. The van der Waals surface area contributed by atoms with Crippen molar-refractivity contribution in [3.05, 3.63) is 50.1 Å². The quantitative estimate of drug-likeness (QED) is 0.703. The molecular formula is C17H16BrNO5S. The van der Waals surface area contributed by atoms with Gasteiger partial charge in [0.1, 0.15) is 0 Å². The van der Waals surface area contributed by atoms with E-state index in [0.29, 0.717) is 10.6 Å². The number of nitrogens with one attached hydrogen (secondary N) is 1. The Morgan fingerprint density at radius 2 is 1.56 bits per heavy atom. The Bertz CT molecular complexity index is 766. The van der Waals surface area contributed by atoms with Gasteiger partial charge >= 0.3 is 11.9 Å². The topological polar surface area (TPSA) is 81.7 Å². The number of hydrogen-bond donors (Lipinski definition) is 1. The third kappa shape index (κ3) is 5.14. The van der Waals surface area contributed by atoms with Crippen LogP contribution in [0.15, 0.2) is 34.1 Å². The first-order chi connectivity index (χ1) is 11.9. The molecule has 1 aromatic heterocycles. The van der Waals surface area contributed by atoms with E-state index in [2.05, 4.69) is 21.2 Å². The average Bonchev–Trinajstić information content (AvgIpc) is 3.01. The fourth-order valence-electron chi connectivity index (χ4n) is 1.99. The van der Waals surface area contributed by atoms with Crippen LogP contribution >= 0.6 is 27.3 Å². The Labute approximate surface area is 157 Å². The standard InChI is InChI=1S/C17H16BrNO5S/c1-3-23-16(21)10-7-11(17(22)24-4-2)9-12(8-10)19-15(20)13-5-6-14(18)25-13/h5-9H,3-4H2,1-2H3,(H,19,20). The minimum Gasteiger partial charge on any atom is -0.462 e. The molecule has 0 atom stereocenters. The molecule has 1 N–H and O–H groups in total. The lowest BCUT2D eigenvalue weighted by Gasteiger charge is -2.10. The highest BCUT2D eigenvalue weighted by molar-refractivity contribution is 9.11. The fraction of sp³-hybridized carbons (Fsp3) is 0.235. The van der Waals surface area contributed by atoms with E-state index in [4.69, 9.17) is 9.47 Å². The molecule has 0 saturated carbocycles. The van der Waals surface area contributed by atoms with Gasteiger partial charge in [0, 0.05) is 5.69 Å². The van der Waals surface area contributed by atoms with Crippen molar-refractivity contribution in [2.45, 2.75) is 13.8 Å². The molecule has 0 saturated heterocycles. The van der Waals surface area contributed by atoms with E-state index in [-0.39, 0.29) is 30.2 Å². The molecule has 6 nitrogen and oxygen atoms in total. The Morgan fingerprint density at radius 1 is 1.00 bits per heavy atom. The molecule has 0 fully saturated rings. The lowest BCUT2D eigenvalue weighted by atomic mass is 10.1. The van der Waals surface area contributed by atoms with Crippen molar-refractivity contribution in [1.29, 1.82) is 0 Å². The molecule has 0 spiro atoms. The summed E-state index contributed by atoms with van der Waals surface area (Å²) in [5, 5.41) is 2.68. The minimum absolute atomic E-state index is 0.162. The van der Waals surface area contributed by atoms with Gasteiger partial charge in [0.05, 0.1) is 33.0 Å². The zero-order chi connectivity index (χ0) is 18.4. The fourth-order valence-corrected chi connectivity index (χ4v) is 3.27. The van der Waals surface area contributed by atoms with Crippen molar-refractivity contribution in [3.63, 3.8) is 0 Å². The summed E-state index contributed by atoms with van der Waals surface area (Å²) in [5.41, 5.74) is 0.633. The number of halogens is 1. The second kappa shape index (κ2) is 8.77. The van der Waals surface area contributed by atoms with Gasteiger partial charge in [-0.3, -0.25) is 4.79 Å². The average molecular weight is 426 g/mol. The molecule has 25 heavy (non-hydrogen) atoms. The van der Waals surface area contributed by atoms with Crippen LogP contribution in [0.4, 0.5) is 5.69 Å². The predicted octanol–water partition coefficient (Wildman–Crippen LogP) is 4.12. The summed E-state index contributed by atoms with van der Waals surface area (Å²) in [6.07, 6.45) is 0. The predicted molar refractivity (Wildman–Crippen MR) is 98.3 cm³/mol. The number of rotatable bonds is 6. The van der Waals surface area contributed by atoms with E-state index >= 15 is 0 Å². The van der Waals surface area contributed by atoms with Gasteiger partial charge in [-0.05, 0) is 60.1 Å². The van der Waals surface area contributed by atoms with Gasteiger partial charge in [-0.25, -0.2) is 9.59 Å². The summed E-state index contributed by atoms with van der Waals surface area (Å²) in [6.45, 7) is 3.77. The summed E-state index contributed by atoms with van der Waals surface area (Å²) >= 11 is 4.57. The third-order valence-electron chi connectivity index (χ3n) is 3.01. The van der Waals surface area contributed by atoms with Crippen LogP contribution in [0.5, 0.6) is 0 Å². The zero-order valence-corrected chi connectivity index (χ0v) is 16.0. The molecule has 1 aromatic carbocycles.